The third-order valence-electron chi connectivity index (χ3n) is 3.08. The highest BCUT2D eigenvalue weighted by Crippen LogP contribution is 2.22. The minimum absolute atomic E-state index is 0.485. The Morgan fingerprint density at radius 3 is 2.44 bits per heavy atom. The first-order valence-electron chi connectivity index (χ1n) is 6.85. The molecule has 0 aromatic carbocycles. The maximum Gasteiger partial charge on any atom is 0.137 e. The summed E-state index contributed by atoms with van der Waals surface area (Å²) in [5, 5.41) is 4.08. The van der Waals surface area contributed by atoms with Gasteiger partial charge in [0.05, 0.1) is 0 Å². The van der Waals surface area contributed by atoms with Crippen molar-refractivity contribution in [2.75, 3.05) is 5.32 Å². The normalized spacial score (nSPS) is 12.5. The van der Waals surface area contributed by atoms with Crippen LogP contribution in [0.2, 0.25) is 5.15 Å². The first-order chi connectivity index (χ1) is 8.58. The fraction of sp³-hybridized carbons (Fsp3) is 0.714. The van der Waals surface area contributed by atoms with Gasteiger partial charge in [-0.15, -0.1) is 0 Å². The van der Waals surface area contributed by atoms with Gasteiger partial charge < -0.3 is 5.32 Å². The predicted octanol–water partition coefficient (Wildman–Crippen LogP) is 4.52. The van der Waals surface area contributed by atoms with Gasteiger partial charge in [0.2, 0.25) is 0 Å². The molecule has 1 rings (SSSR count). The van der Waals surface area contributed by atoms with E-state index in [0.717, 1.165) is 17.2 Å². The summed E-state index contributed by atoms with van der Waals surface area (Å²) in [6.45, 7) is 8.27. The maximum atomic E-state index is 6.09. The SMILES string of the molecule is CCCCC(CCC)Nc1nc(C)nc(Cl)c1C. The van der Waals surface area contributed by atoms with Crippen molar-refractivity contribution in [3.8, 4) is 0 Å². The van der Waals surface area contributed by atoms with E-state index >= 15 is 0 Å². The number of halogens is 1. The average Bonchev–Trinajstić information content (AvgIpc) is 2.32. The van der Waals surface area contributed by atoms with Crippen molar-refractivity contribution in [1.82, 2.24) is 9.97 Å². The molecule has 3 nitrogen and oxygen atoms in total. The Bertz CT molecular complexity index is 380. The topological polar surface area (TPSA) is 37.8 Å². The quantitative estimate of drug-likeness (QED) is 0.740. The molecule has 0 bridgehead atoms. The molecule has 0 saturated carbocycles. The standard InChI is InChI=1S/C14H24ClN3/c1-5-7-9-12(8-6-2)18-14-10(3)13(15)16-11(4)17-14/h12H,5-9H2,1-4H3,(H,16,17,18). The van der Waals surface area contributed by atoms with Crippen molar-refractivity contribution in [3.63, 3.8) is 0 Å². The molecule has 4 heteroatoms. The molecule has 1 aromatic heterocycles. The molecule has 0 fully saturated rings. The number of aromatic nitrogens is 2. The van der Waals surface area contributed by atoms with Crippen LogP contribution in [0.15, 0.2) is 0 Å². The molecule has 1 heterocycles. The first-order valence-corrected chi connectivity index (χ1v) is 7.23. The van der Waals surface area contributed by atoms with Crippen molar-refractivity contribution in [2.45, 2.75) is 65.8 Å². The van der Waals surface area contributed by atoms with Gasteiger partial charge in [-0.3, -0.25) is 0 Å². The van der Waals surface area contributed by atoms with Crippen LogP contribution in [0, 0.1) is 13.8 Å². The highest BCUT2D eigenvalue weighted by Gasteiger charge is 2.12. The second-order valence-corrected chi connectivity index (χ2v) is 5.17. The van der Waals surface area contributed by atoms with Crippen molar-refractivity contribution >= 4 is 17.4 Å². The van der Waals surface area contributed by atoms with E-state index in [1.54, 1.807) is 0 Å². The molecule has 0 aliphatic carbocycles. The minimum atomic E-state index is 0.485. The van der Waals surface area contributed by atoms with E-state index in [1.807, 2.05) is 13.8 Å². The molecule has 0 radical (unpaired) electrons. The predicted molar refractivity (Wildman–Crippen MR) is 78.4 cm³/mol. The summed E-state index contributed by atoms with van der Waals surface area (Å²) < 4.78 is 0. The molecule has 0 spiro atoms. The van der Waals surface area contributed by atoms with Gasteiger partial charge in [-0.2, -0.15) is 0 Å². The van der Waals surface area contributed by atoms with Crippen LogP contribution in [0.1, 0.15) is 57.3 Å². The summed E-state index contributed by atoms with van der Waals surface area (Å²) in [4.78, 5) is 8.62. The molecule has 102 valence electrons. The zero-order chi connectivity index (χ0) is 13.5. The lowest BCUT2D eigenvalue weighted by molar-refractivity contribution is 0.562. The van der Waals surface area contributed by atoms with E-state index in [0.29, 0.717) is 11.2 Å². The zero-order valence-electron chi connectivity index (χ0n) is 11.9. The number of rotatable bonds is 7. The highest BCUT2D eigenvalue weighted by atomic mass is 35.5. The highest BCUT2D eigenvalue weighted by molar-refractivity contribution is 6.30. The summed E-state index contributed by atoms with van der Waals surface area (Å²) in [5.41, 5.74) is 0.944. The molecule has 0 amide bonds. The number of unbranched alkanes of at least 4 members (excludes halogenated alkanes) is 1. The summed E-state index contributed by atoms with van der Waals surface area (Å²) in [7, 11) is 0. The Labute approximate surface area is 115 Å². The Balaban J connectivity index is 2.79. The van der Waals surface area contributed by atoms with E-state index in [-0.39, 0.29) is 0 Å². The van der Waals surface area contributed by atoms with Gasteiger partial charge in [0.1, 0.15) is 16.8 Å². The monoisotopic (exact) mass is 269 g/mol. The van der Waals surface area contributed by atoms with E-state index in [9.17, 15) is 0 Å². The number of anilines is 1. The maximum absolute atomic E-state index is 6.09. The fourth-order valence-corrected chi connectivity index (χ4v) is 2.23. The van der Waals surface area contributed by atoms with Crippen LogP contribution < -0.4 is 5.32 Å². The third-order valence-corrected chi connectivity index (χ3v) is 3.45. The Kier molecular flexibility index (Phi) is 6.41. The lowest BCUT2D eigenvalue weighted by Gasteiger charge is -2.20. The summed E-state index contributed by atoms with van der Waals surface area (Å²) in [6.07, 6.45) is 6.00. The van der Waals surface area contributed by atoms with E-state index < -0.39 is 0 Å². The molecule has 1 aromatic rings. The molecular formula is C14H24ClN3. The largest absolute Gasteiger partial charge is 0.367 e. The van der Waals surface area contributed by atoms with Crippen LogP contribution in [0.3, 0.4) is 0 Å². The van der Waals surface area contributed by atoms with Gasteiger partial charge in [0, 0.05) is 11.6 Å². The van der Waals surface area contributed by atoms with E-state index in [1.165, 1.54) is 32.1 Å². The van der Waals surface area contributed by atoms with Gasteiger partial charge in [0.15, 0.2) is 0 Å². The number of aryl methyl sites for hydroxylation is 1. The second kappa shape index (κ2) is 7.57. The van der Waals surface area contributed by atoms with Crippen LogP contribution in [0.5, 0.6) is 0 Å². The number of hydrogen-bond donors (Lipinski definition) is 1. The fourth-order valence-electron chi connectivity index (χ4n) is 2.02. The molecule has 1 N–H and O–H groups in total. The van der Waals surface area contributed by atoms with Crippen LogP contribution in [-0.4, -0.2) is 16.0 Å². The van der Waals surface area contributed by atoms with Gasteiger partial charge >= 0.3 is 0 Å². The molecule has 1 unspecified atom stereocenters. The Hall–Kier alpha value is -0.830. The van der Waals surface area contributed by atoms with Crippen molar-refractivity contribution in [3.05, 3.63) is 16.5 Å². The average molecular weight is 270 g/mol. The smallest absolute Gasteiger partial charge is 0.137 e. The summed E-state index contributed by atoms with van der Waals surface area (Å²) >= 11 is 6.09. The molecule has 0 aliphatic rings. The van der Waals surface area contributed by atoms with Gasteiger partial charge in [-0.1, -0.05) is 44.7 Å². The Morgan fingerprint density at radius 2 is 1.83 bits per heavy atom. The summed E-state index contributed by atoms with van der Waals surface area (Å²) in [6, 6.07) is 0.485. The van der Waals surface area contributed by atoms with E-state index in [4.69, 9.17) is 11.6 Å². The van der Waals surface area contributed by atoms with Gasteiger partial charge in [0.25, 0.3) is 0 Å². The number of nitrogens with zero attached hydrogens (tertiary/aromatic N) is 2. The van der Waals surface area contributed by atoms with E-state index in [2.05, 4.69) is 29.1 Å². The van der Waals surface area contributed by atoms with Gasteiger partial charge in [-0.25, -0.2) is 9.97 Å². The first kappa shape index (κ1) is 15.2. The van der Waals surface area contributed by atoms with Crippen LogP contribution in [0.25, 0.3) is 0 Å². The van der Waals surface area contributed by atoms with Crippen molar-refractivity contribution < 1.29 is 0 Å². The van der Waals surface area contributed by atoms with Crippen LogP contribution in [-0.2, 0) is 0 Å². The molecular weight excluding hydrogens is 246 g/mol. The molecule has 1 atom stereocenters. The Morgan fingerprint density at radius 1 is 1.11 bits per heavy atom. The van der Waals surface area contributed by atoms with Crippen molar-refractivity contribution in [1.29, 1.82) is 0 Å². The van der Waals surface area contributed by atoms with Gasteiger partial charge in [-0.05, 0) is 26.7 Å². The van der Waals surface area contributed by atoms with Crippen LogP contribution >= 0.6 is 11.6 Å². The molecule has 0 aliphatic heterocycles. The lowest BCUT2D eigenvalue weighted by atomic mass is 10.1. The molecule has 18 heavy (non-hydrogen) atoms. The lowest BCUT2D eigenvalue weighted by Crippen LogP contribution is -2.21. The second-order valence-electron chi connectivity index (χ2n) is 4.81. The zero-order valence-corrected chi connectivity index (χ0v) is 12.6. The third kappa shape index (κ3) is 4.45. The number of nitrogens with one attached hydrogen (secondary N) is 1. The summed E-state index contributed by atoms with van der Waals surface area (Å²) in [5.74, 6) is 1.61. The number of hydrogen-bond acceptors (Lipinski definition) is 3. The molecule has 0 saturated heterocycles. The van der Waals surface area contributed by atoms with Crippen LogP contribution in [0.4, 0.5) is 5.82 Å². The minimum Gasteiger partial charge on any atom is -0.367 e. The van der Waals surface area contributed by atoms with Crippen molar-refractivity contribution in [2.24, 2.45) is 0 Å².